The van der Waals surface area contributed by atoms with Crippen molar-refractivity contribution in [2.24, 2.45) is 0 Å². The molecule has 0 spiro atoms. The van der Waals surface area contributed by atoms with Gasteiger partial charge < -0.3 is 19.7 Å². The maximum absolute atomic E-state index is 13.4. The zero-order valence-electron chi connectivity index (χ0n) is 21.2. The second-order valence-corrected chi connectivity index (χ2v) is 10.5. The second-order valence-electron chi connectivity index (χ2n) is 9.11. The number of carbonyl (C=O) groups excluding carboxylic acids is 1. The lowest BCUT2D eigenvalue weighted by molar-refractivity contribution is 0.0826. The molecule has 2 unspecified atom stereocenters. The number of amides is 1. The molecule has 8 nitrogen and oxygen atoms in total. The number of thiophene rings is 1. The standard InChI is InChI=1S/C28H25ClFN5O3S/c1-35(2)28(36)38-21-11-19(31-14-21)6-8-22-13-23-26(32-16-33-27(23)39-22)34-20-7-9-25(24(29)12-20)37-15-17-4-3-5-18(30)10-17/h3-5,7,9-10,12-13,16,19,21,31H,11,14-15H2,1-2H3,(H,32,33,34). The third kappa shape index (κ3) is 6.75. The van der Waals surface area contributed by atoms with E-state index in [-0.39, 0.29) is 30.7 Å². The first-order chi connectivity index (χ1) is 18.8. The molecule has 0 aliphatic carbocycles. The predicted molar refractivity (Wildman–Crippen MR) is 150 cm³/mol. The second kappa shape index (κ2) is 11.9. The van der Waals surface area contributed by atoms with Crippen LogP contribution in [0.4, 0.5) is 20.7 Å². The molecule has 1 aliphatic rings. The molecule has 2 aromatic carbocycles. The third-order valence-electron chi connectivity index (χ3n) is 5.90. The molecule has 1 amide bonds. The number of hydrogen-bond acceptors (Lipinski definition) is 8. The summed E-state index contributed by atoms with van der Waals surface area (Å²) in [5.74, 6) is 7.24. The number of aromatic nitrogens is 2. The molecule has 0 saturated carbocycles. The van der Waals surface area contributed by atoms with Crippen molar-refractivity contribution in [2.45, 2.75) is 25.2 Å². The lowest BCUT2D eigenvalue weighted by Crippen LogP contribution is -2.29. The molecule has 2 atom stereocenters. The average molecular weight is 566 g/mol. The van der Waals surface area contributed by atoms with Crippen molar-refractivity contribution in [2.75, 3.05) is 26.0 Å². The number of nitrogens with one attached hydrogen (secondary N) is 2. The van der Waals surface area contributed by atoms with Crippen LogP contribution >= 0.6 is 22.9 Å². The topological polar surface area (TPSA) is 88.6 Å². The van der Waals surface area contributed by atoms with Crippen LogP contribution in [0.3, 0.4) is 0 Å². The SMILES string of the molecule is CN(C)C(=O)OC1CNC(C#Cc2cc3c(Nc4ccc(OCc5cccc(F)c5)c(Cl)c4)ncnc3s2)C1. The summed E-state index contributed by atoms with van der Waals surface area (Å²) in [6.45, 7) is 0.774. The van der Waals surface area contributed by atoms with Crippen molar-refractivity contribution in [3.8, 4) is 17.6 Å². The Morgan fingerprint density at radius 2 is 2.13 bits per heavy atom. The minimum atomic E-state index is -0.356. The third-order valence-corrected chi connectivity index (χ3v) is 7.15. The molecule has 1 saturated heterocycles. The summed E-state index contributed by atoms with van der Waals surface area (Å²) in [5, 5.41) is 7.83. The molecule has 200 valence electrons. The van der Waals surface area contributed by atoms with Crippen LogP contribution in [-0.2, 0) is 11.3 Å². The Bertz CT molecular complexity index is 1570. The van der Waals surface area contributed by atoms with Crippen LogP contribution < -0.4 is 15.4 Å². The average Bonchev–Trinajstić information content (AvgIpc) is 3.54. The Hall–Kier alpha value is -3.91. The molecule has 5 rings (SSSR count). The molecular formula is C28H25ClFN5O3S. The van der Waals surface area contributed by atoms with Gasteiger partial charge in [0.05, 0.1) is 21.3 Å². The minimum absolute atomic E-state index is 0.0670. The zero-order valence-corrected chi connectivity index (χ0v) is 22.8. The van der Waals surface area contributed by atoms with Gasteiger partial charge in [-0.2, -0.15) is 0 Å². The largest absolute Gasteiger partial charge is 0.487 e. The summed E-state index contributed by atoms with van der Waals surface area (Å²) in [7, 11) is 3.32. The highest BCUT2D eigenvalue weighted by molar-refractivity contribution is 7.19. The van der Waals surface area contributed by atoms with Gasteiger partial charge in [-0.05, 0) is 42.0 Å². The molecule has 3 heterocycles. The number of halogens is 2. The van der Waals surface area contributed by atoms with E-state index in [1.54, 1.807) is 38.4 Å². The Kier molecular flexibility index (Phi) is 8.12. The molecule has 2 aromatic heterocycles. The number of hydrogen-bond donors (Lipinski definition) is 2. The van der Waals surface area contributed by atoms with Crippen LogP contribution in [0.15, 0.2) is 54.9 Å². The van der Waals surface area contributed by atoms with E-state index in [2.05, 4.69) is 32.4 Å². The fraction of sp³-hybridized carbons (Fsp3) is 0.250. The number of rotatable bonds is 6. The Morgan fingerprint density at radius 1 is 1.26 bits per heavy atom. The number of anilines is 2. The quantitative estimate of drug-likeness (QED) is 0.295. The van der Waals surface area contributed by atoms with E-state index < -0.39 is 0 Å². The lowest BCUT2D eigenvalue weighted by Gasteiger charge is -2.15. The van der Waals surface area contributed by atoms with E-state index in [0.29, 0.717) is 35.1 Å². The monoisotopic (exact) mass is 565 g/mol. The van der Waals surface area contributed by atoms with Crippen LogP contribution in [0.5, 0.6) is 5.75 Å². The summed E-state index contributed by atoms with van der Waals surface area (Å²) in [4.78, 5) is 23.6. The summed E-state index contributed by atoms with van der Waals surface area (Å²) >= 11 is 7.92. The summed E-state index contributed by atoms with van der Waals surface area (Å²) in [5.41, 5.74) is 1.44. The molecule has 4 aromatic rings. The molecule has 0 bridgehead atoms. The van der Waals surface area contributed by atoms with Crippen molar-refractivity contribution in [3.05, 3.63) is 76.1 Å². The van der Waals surface area contributed by atoms with Crippen molar-refractivity contribution in [1.29, 1.82) is 0 Å². The van der Waals surface area contributed by atoms with Crippen LogP contribution in [0.2, 0.25) is 5.02 Å². The first-order valence-corrected chi connectivity index (χ1v) is 13.3. The van der Waals surface area contributed by atoms with Crippen LogP contribution in [0, 0.1) is 17.7 Å². The van der Waals surface area contributed by atoms with Crippen molar-refractivity contribution in [3.63, 3.8) is 0 Å². The van der Waals surface area contributed by atoms with Crippen LogP contribution in [0.25, 0.3) is 10.2 Å². The minimum Gasteiger partial charge on any atom is -0.487 e. The number of ether oxygens (including phenoxy) is 2. The maximum Gasteiger partial charge on any atom is 0.409 e. The van der Waals surface area contributed by atoms with Gasteiger partial charge >= 0.3 is 6.09 Å². The van der Waals surface area contributed by atoms with E-state index in [1.165, 1.54) is 34.7 Å². The smallest absolute Gasteiger partial charge is 0.409 e. The highest BCUT2D eigenvalue weighted by Gasteiger charge is 2.26. The summed E-state index contributed by atoms with van der Waals surface area (Å²) in [6, 6.07) is 13.5. The molecule has 11 heteroatoms. The number of fused-ring (bicyclic) bond motifs is 1. The van der Waals surface area contributed by atoms with Crippen molar-refractivity contribution >= 4 is 50.8 Å². The van der Waals surface area contributed by atoms with Gasteiger partial charge in [0.25, 0.3) is 0 Å². The van der Waals surface area contributed by atoms with Gasteiger partial charge in [0.1, 0.15) is 41.3 Å². The number of nitrogens with zero attached hydrogens (tertiary/aromatic N) is 3. The summed E-state index contributed by atoms with van der Waals surface area (Å²) < 4.78 is 24.6. The highest BCUT2D eigenvalue weighted by atomic mass is 35.5. The van der Waals surface area contributed by atoms with E-state index in [0.717, 1.165) is 20.8 Å². The fourth-order valence-corrected chi connectivity index (χ4v) is 5.04. The first-order valence-electron chi connectivity index (χ1n) is 12.2. The Morgan fingerprint density at radius 3 is 2.92 bits per heavy atom. The van der Waals surface area contributed by atoms with Gasteiger partial charge in [0.15, 0.2) is 0 Å². The molecule has 39 heavy (non-hydrogen) atoms. The zero-order chi connectivity index (χ0) is 27.4. The number of benzene rings is 2. The van der Waals surface area contributed by atoms with Crippen LogP contribution in [-0.4, -0.2) is 53.7 Å². The van der Waals surface area contributed by atoms with Gasteiger partial charge in [-0.15, -0.1) is 11.3 Å². The summed E-state index contributed by atoms with van der Waals surface area (Å²) in [6.07, 6.45) is 1.57. The lowest BCUT2D eigenvalue weighted by atomic mass is 10.2. The van der Waals surface area contributed by atoms with E-state index >= 15 is 0 Å². The van der Waals surface area contributed by atoms with Gasteiger partial charge in [-0.1, -0.05) is 35.6 Å². The van der Waals surface area contributed by atoms with Gasteiger partial charge in [0.2, 0.25) is 0 Å². The van der Waals surface area contributed by atoms with E-state index in [1.807, 2.05) is 12.1 Å². The Balaban J connectivity index is 1.24. The van der Waals surface area contributed by atoms with E-state index in [9.17, 15) is 9.18 Å². The fourth-order valence-electron chi connectivity index (χ4n) is 3.95. The molecule has 2 N–H and O–H groups in total. The van der Waals surface area contributed by atoms with Gasteiger partial charge in [-0.3, -0.25) is 5.32 Å². The van der Waals surface area contributed by atoms with Crippen molar-refractivity contribution < 1.29 is 18.7 Å². The van der Waals surface area contributed by atoms with Gasteiger partial charge in [0, 0.05) is 32.7 Å². The highest BCUT2D eigenvalue weighted by Crippen LogP contribution is 2.33. The molecule has 1 fully saturated rings. The Labute approximate surface area is 234 Å². The van der Waals surface area contributed by atoms with Crippen LogP contribution in [0.1, 0.15) is 16.9 Å². The maximum atomic E-state index is 13.4. The first kappa shape index (κ1) is 26.7. The molecule has 0 radical (unpaired) electrons. The van der Waals surface area contributed by atoms with Gasteiger partial charge in [-0.25, -0.2) is 19.2 Å². The molecular weight excluding hydrogens is 541 g/mol. The van der Waals surface area contributed by atoms with E-state index in [4.69, 9.17) is 21.1 Å². The molecule has 1 aliphatic heterocycles. The number of carbonyl (C=O) groups is 1. The van der Waals surface area contributed by atoms with Crippen molar-refractivity contribution in [1.82, 2.24) is 20.2 Å². The normalized spacial score (nSPS) is 16.4. The predicted octanol–water partition coefficient (Wildman–Crippen LogP) is 5.59.